The average molecular weight is 247 g/mol. The Kier molecular flexibility index (Phi) is 3.39. The first-order valence-corrected chi connectivity index (χ1v) is 6.14. The highest BCUT2D eigenvalue weighted by atomic mass is 32.1. The third-order valence-corrected chi connectivity index (χ3v) is 4.06. The fourth-order valence-corrected chi connectivity index (χ4v) is 3.01. The van der Waals surface area contributed by atoms with Crippen LogP contribution >= 0.6 is 11.3 Å². The van der Waals surface area contributed by atoms with Gasteiger partial charge in [-0.1, -0.05) is 0 Å². The summed E-state index contributed by atoms with van der Waals surface area (Å²) < 4.78 is 24.5. The molecule has 1 aliphatic rings. The number of aromatic nitrogens is 1. The molecular formula is C10H15F2N3S. The van der Waals surface area contributed by atoms with E-state index in [4.69, 9.17) is 5.73 Å². The minimum absolute atomic E-state index is 0.0370. The summed E-state index contributed by atoms with van der Waals surface area (Å²) in [6.45, 7) is -0.276. The van der Waals surface area contributed by atoms with Gasteiger partial charge in [0, 0.05) is 18.0 Å². The number of alkyl halides is 2. The van der Waals surface area contributed by atoms with Crippen molar-refractivity contribution in [2.45, 2.75) is 31.7 Å². The molecule has 0 radical (unpaired) electrons. The third-order valence-electron chi connectivity index (χ3n) is 2.72. The maximum absolute atomic E-state index is 12.2. The molecular weight excluding hydrogens is 232 g/mol. The Hall–Kier alpha value is -0.750. The fraction of sp³-hybridized carbons (Fsp3) is 0.700. The van der Waals surface area contributed by atoms with E-state index in [-0.39, 0.29) is 12.6 Å². The minimum Gasteiger partial charge on any atom is -0.345 e. The van der Waals surface area contributed by atoms with Crippen molar-refractivity contribution >= 4 is 16.5 Å². The number of fused-ring (bicyclic) bond motifs is 1. The highest BCUT2D eigenvalue weighted by molar-refractivity contribution is 7.15. The maximum Gasteiger partial charge on any atom is 0.255 e. The molecule has 0 bridgehead atoms. The van der Waals surface area contributed by atoms with Crippen molar-refractivity contribution in [2.24, 2.45) is 5.73 Å². The molecule has 0 aromatic carbocycles. The molecule has 90 valence electrons. The number of thiazole rings is 1. The molecule has 1 unspecified atom stereocenters. The van der Waals surface area contributed by atoms with Gasteiger partial charge in [0.05, 0.1) is 12.2 Å². The Morgan fingerprint density at radius 1 is 1.62 bits per heavy atom. The second kappa shape index (κ2) is 4.63. The zero-order chi connectivity index (χ0) is 11.7. The molecule has 3 nitrogen and oxygen atoms in total. The number of aryl methyl sites for hydroxylation is 1. The molecule has 1 aliphatic carbocycles. The van der Waals surface area contributed by atoms with Crippen LogP contribution in [0.15, 0.2) is 0 Å². The smallest absolute Gasteiger partial charge is 0.255 e. The van der Waals surface area contributed by atoms with E-state index >= 15 is 0 Å². The molecule has 0 amide bonds. The molecule has 6 heteroatoms. The van der Waals surface area contributed by atoms with Gasteiger partial charge in [-0.2, -0.15) is 0 Å². The van der Waals surface area contributed by atoms with Gasteiger partial charge >= 0.3 is 0 Å². The van der Waals surface area contributed by atoms with Crippen LogP contribution in [0.3, 0.4) is 0 Å². The Morgan fingerprint density at radius 2 is 2.38 bits per heavy atom. The van der Waals surface area contributed by atoms with E-state index in [2.05, 4.69) is 4.98 Å². The zero-order valence-electron chi connectivity index (χ0n) is 9.12. The lowest BCUT2D eigenvalue weighted by Gasteiger charge is -2.15. The van der Waals surface area contributed by atoms with Crippen LogP contribution in [0.4, 0.5) is 13.9 Å². The van der Waals surface area contributed by atoms with Gasteiger partial charge in [-0.25, -0.2) is 13.8 Å². The van der Waals surface area contributed by atoms with Crippen LogP contribution in [0, 0.1) is 0 Å². The molecule has 0 aliphatic heterocycles. The monoisotopic (exact) mass is 247 g/mol. The van der Waals surface area contributed by atoms with Crippen molar-refractivity contribution in [3.63, 3.8) is 0 Å². The van der Waals surface area contributed by atoms with E-state index in [0.717, 1.165) is 29.8 Å². The highest BCUT2D eigenvalue weighted by Gasteiger charge is 2.23. The topological polar surface area (TPSA) is 42.2 Å². The molecule has 0 saturated carbocycles. The van der Waals surface area contributed by atoms with E-state index in [9.17, 15) is 8.78 Å². The van der Waals surface area contributed by atoms with Crippen LogP contribution in [-0.4, -0.2) is 25.0 Å². The van der Waals surface area contributed by atoms with Gasteiger partial charge in [0.15, 0.2) is 5.13 Å². The van der Waals surface area contributed by atoms with Crippen molar-refractivity contribution < 1.29 is 8.78 Å². The molecule has 0 fully saturated rings. The van der Waals surface area contributed by atoms with Gasteiger partial charge in [0.2, 0.25) is 0 Å². The highest BCUT2D eigenvalue weighted by Crippen LogP contribution is 2.35. The largest absolute Gasteiger partial charge is 0.345 e. The Morgan fingerprint density at radius 3 is 3.00 bits per heavy atom. The number of nitrogens with two attached hydrogens (primary N) is 1. The van der Waals surface area contributed by atoms with Crippen molar-refractivity contribution in [3.05, 3.63) is 10.6 Å². The molecule has 0 saturated heterocycles. The number of halogens is 2. The molecule has 1 atom stereocenters. The lowest BCUT2D eigenvalue weighted by atomic mass is 9.99. The summed E-state index contributed by atoms with van der Waals surface area (Å²) in [5.74, 6) is 0. The average Bonchev–Trinajstić information content (AvgIpc) is 2.61. The minimum atomic E-state index is -2.33. The molecule has 2 rings (SSSR count). The fourth-order valence-electron chi connectivity index (χ4n) is 1.89. The van der Waals surface area contributed by atoms with Crippen molar-refractivity contribution in [1.29, 1.82) is 0 Å². The molecule has 1 aromatic heterocycles. The van der Waals surface area contributed by atoms with E-state index in [0.29, 0.717) is 5.13 Å². The lowest BCUT2D eigenvalue weighted by Crippen LogP contribution is -2.23. The van der Waals surface area contributed by atoms with Crippen molar-refractivity contribution in [2.75, 3.05) is 18.5 Å². The van der Waals surface area contributed by atoms with Crippen LogP contribution in [-0.2, 0) is 6.42 Å². The summed E-state index contributed by atoms with van der Waals surface area (Å²) in [5, 5.41) is 0.655. The molecule has 16 heavy (non-hydrogen) atoms. The van der Waals surface area contributed by atoms with E-state index < -0.39 is 6.43 Å². The Bertz CT molecular complexity index is 367. The first-order valence-electron chi connectivity index (χ1n) is 5.32. The van der Waals surface area contributed by atoms with Gasteiger partial charge < -0.3 is 10.6 Å². The van der Waals surface area contributed by atoms with Gasteiger partial charge in [-0.3, -0.25) is 0 Å². The standard InChI is InChI=1S/C10H15F2N3S/c1-15(5-8(11)12)10-14-7-4-2-3-6(13)9(7)16-10/h6,8H,2-5,13H2,1H3. The summed E-state index contributed by atoms with van der Waals surface area (Å²) >= 11 is 1.45. The Labute approximate surface area is 97.3 Å². The van der Waals surface area contributed by atoms with Crippen LogP contribution in [0.2, 0.25) is 0 Å². The summed E-state index contributed by atoms with van der Waals surface area (Å²) in [4.78, 5) is 6.96. The quantitative estimate of drug-likeness (QED) is 0.890. The normalized spacial score (nSPS) is 19.9. The summed E-state index contributed by atoms with van der Waals surface area (Å²) in [6, 6.07) is 0.0370. The zero-order valence-corrected chi connectivity index (χ0v) is 9.94. The first kappa shape index (κ1) is 11.7. The lowest BCUT2D eigenvalue weighted by molar-refractivity contribution is 0.156. The van der Waals surface area contributed by atoms with Crippen LogP contribution in [0.5, 0.6) is 0 Å². The summed E-state index contributed by atoms with van der Waals surface area (Å²) in [5.41, 5.74) is 6.96. The number of anilines is 1. The van der Waals surface area contributed by atoms with Gasteiger partial charge in [0.1, 0.15) is 0 Å². The second-order valence-corrected chi connectivity index (χ2v) is 5.09. The third kappa shape index (κ3) is 2.32. The summed E-state index contributed by atoms with van der Waals surface area (Å²) in [6.07, 6.45) is 0.588. The predicted molar refractivity (Wildman–Crippen MR) is 61.3 cm³/mol. The summed E-state index contributed by atoms with van der Waals surface area (Å²) in [7, 11) is 1.64. The van der Waals surface area contributed by atoms with Crippen molar-refractivity contribution in [1.82, 2.24) is 4.98 Å². The van der Waals surface area contributed by atoms with E-state index in [1.165, 1.54) is 16.2 Å². The number of nitrogens with zero attached hydrogens (tertiary/aromatic N) is 2. The van der Waals surface area contributed by atoms with Crippen LogP contribution in [0.1, 0.15) is 29.5 Å². The second-order valence-electron chi connectivity index (χ2n) is 4.08. The van der Waals surface area contributed by atoms with Crippen LogP contribution < -0.4 is 10.6 Å². The van der Waals surface area contributed by atoms with E-state index in [1.807, 2.05) is 0 Å². The SMILES string of the molecule is CN(CC(F)F)c1nc2c(s1)C(N)CCC2. The maximum atomic E-state index is 12.2. The van der Waals surface area contributed by atoms with Gasteiger partial charge in [0.25, 0.3) is 6.43 Å². The van der Waals surface area contributed by atoms with Crippen molar-refractivity contribution in [3.8, 4) is 0 Å². The number of hydrogen-bond donors (Lipinski definition) is 1. The molecule has 1 heterocycles. The molecule has 1 aromatic rings. The van der Waals surface area contributed by atoms with Gasteiger partial charge in [-0.15, -0.1) is 11.3 Å². The first-order chi connectivity index (χ1) is 7.58. The van der Waals surface area contributed by atoms with Crippen LogP contribution in [0.25, 0.3) is 0 Å². The molecule has 2 N–H and O–H groups in total. The van der Waals surface area contributed by atoms with Gasteiger partial charge in [-0.05, 0) is 19.3 Å². The Balaban J connectivity index is 2.17. The molecule has 0 spiro atoms. The van der Waals surface area contributed by atoms with E-state index in [1.54, 1.807) is 7.05 Å². The predicted octanol–water partition coefficient (Wildman–Crippen LogP) is 2.18. The number of rotatable bonds is 3. The number of hydrogen-bond acceptors (Lipinski definition) is 4.